The van der Waals surface area contributed by atoms with Gasteiger partial charge in [-0.25, -0.2) is 0 Å². The molecule has 1 unspecified atom stereocenters. The molecule has 21 heavy (non-hydrogen) atoms. The first-order valence-electron chi connectivity index (χ1n) is 7.29. The molecule has 0 fully saturated rings. The van der Waals surface area contributed by atoms with E-state index in [1.165, 1.54) is 0 Å². The van der Waals surface area contributed by atoms with Gasteiger partial charge in [0.1, 0.15) is 6.10 Å². The van der Waals surface area contributed by atoms with E-state index in [1.54, 1.807) is 0 Å². The van der Waals surface area contributed by atoms with Crippen LogP contribution in [0.2, 0.25) is 0 Å². The molecule has 2 aromatic rings. The fraction of sp³-hybridized carbons (Fsp3) is 0.278. The summed E-state index contributed by atoms with van der Waals surface area (Å²) in [5.41, 5.74) is 2.09. The number of rotatable bonds is 7. The Kier molecular flexibility index (Phi) is 5.83. The molecule has 0 aromatic heterocycles. The van der Waals surface area contributed by atoms with Crippen LogP contribution in [0.4, 0.5) is 5.69 Å². The summed E-state index contributed by atoms with van der Waals surface area (Å²) in [6, 6.07) is 19.7. The lowest BCUT2D eigenvalue weighted by molar-refractivity contribution is -0.148. The Labute approximate surface area is 126 Å². The number of carbonyl (C=O) groups is 1. The number of para-hydroxylation sites is 1. The molecule has 0 radical (unpaired) electrons. The van der Waals surface area contributed by atoms with Crippen LogP contribution in [-0.2, 0) is 9.53 Å². The molecular formula is C18H21NO2. The fourth-order valence-electron chi connectivity index (χ4n) is 2.07. The molecule has 1 atom stereocenters. The molecule has 110 valence electrons. The van der Waals surface area contributed by atoms with Crippen LogP contribution in [0.5, 0.6) is 0 Å². The molecule has 0 bridgehead atoms. The van der Waals surface area contributed by atoms with Gasteiger partial charge in [0.05, 0.1) is 0 Å². The fourth-order valence-corrected chi connectivity index (χ4v) is 2.07. The Morgan fingerprint density at radius 2 is 1.67 bits per heavy atom. The second kappa shape index (κ2) is 8.10. The van der Waals surface area contributed by atoms with Crippen molar-refractivity contribution in [1.82, 2.24) is 0 Å². The van der Waals surface area contributed by atoms with Gasteiger partial charge in [-0.05, 0) is 31.0 Å². The van der Waals surface area contributed by atoms with Crippen LogP contribution < -0.4 is 5.32 Å². The Hall–Kier alpha value is -2.29. The van der Waals surface area contributed by atoms with Crippen LogP contribution in [-0.4, -0.2) is 12.5 Å². The van der Waals surface area contributed by atoms with E-state index in [4.69, 9.17) is 4.74 Å². The second-order valence-electron chi connectivity index (χ2n) is 4.94. The molecule has 0 saturated heterocycles. The average molecular weight is 283 g/mol. The quantitative estimate of drug-likeness (QED) is 0.612. The van der Waals surface area contributed by atoms with E-state index in [9.17, 15) is 4.79 Å². The molecule has 3 heteroatoms. The minimum Gasteiger partial charge on any atom is -0.458 e. The van der Waals surface area contributed by atoms with Crippen molar-refractivity contribution in [3.63, 3.8) is 0 Å². The van der Waals surface area contributed by atoms with Crippen molar-refractivity contribution in [2.75, 3.05) is 11.9 Å². The number of anilines is 1. The molecule has 0 spiro atoms. The molecule has 0 aliphatic carbocycles. The first kappa shape index (κ1) is 15.1. The van der Waals surface area contributed by atoms with Crippen LogP contribution in [0.25, 0.3) is 0 Å². The highest BCUT2D eigenvalue weighted by molar-refractivity contribution is 5.69. The maximum Gasteiger partial charge on any atom is 0.306 e. The molecule has 0 amide bonds. The Morgan fingerprint density at radius 3 is 2.33 bits per heavy atom. The molecule has 2 rings (SSSR count). The lowest BCUT2D eigenvalue weighted by Crippen LogP contribution is -2.11. The standard InChI is InChI=1S/C18H21NO2/c1-15(16-9-4-2-5-10-16)21-18(20)13-8-14-19-17-11-6-3-7-12-17/h2-7,9-12,15,19H,8,13-14H2,1H3. The van der Waals surface area contributed by atoms with Crippen LogP contribution in [0.15, 0.2) is 60.7 Å². The highest BCUT2D eigenvalue weighted by atomic mass is 16.5. The van der Waals surface area contributed by atoms with E-state index in [1.807, 2.05) is 67.6 Å². The predicted molar refractivity (Wildman–Crippen MR) is 85.1 cm³/mol. The summed E-state index contributed by atoms with van der Waals surface area (Å²) in [7, 11) is 0. The molecule has 2 aromatic carbocycles. The largest absolute Gasteiger partial charge is 0.458 e. The smallest absolute Gasteiger partial charge is 0.306 e. The van der Waals surface area contributed by atoms with Crippen molar-refractivity contribution in [1.29, 1.82) is 0 Å². The summed E-state index contributed by atoms with van der Waals surface area (Å²) in [4.78, 5) is 11.8. The monoisotopic (exact) mass is 283 g/mol. The Bertz CT molecular complexity index is 540. The number of hydrogen-bond donors (Lipinski definition) is 1. The zero-order chi connectivity index (χ0) is 14.9. The highest BCUT2D eigenvalue weighted by Crippen LogP contribution is 2.16. The molecule has 0 aliphatic rings. The summed E-state index contributed by atoms with van der Waals surface area (Å²) >= 11 is 0. The maximum absolute atomic E-state index is 11.8. The van der Waals surface area contributed by atoms with Gasteiger partial charge in [-0.1, -0.05) is 48.5 Å². The Morgan fingerprint density at radius 1 is 1.05 bits per heavy atom. The molecule has 1 N–H and O–H groups in total. The molecular weight excluding hydrogens is 262 g/mol. The van der Waals surface area contributed by atoms with Crippen LogP contribution in [0.1, 0.15) is 31.4 Å². The normalized spacial score (nSPS) is 11.7. The van der Waals surface area contributed by atoms with E-state index in [0.29, 0.717) is 6.42 Å². The van der Waals surface area contributed by atoms with Gasteiger partial charge in [-0.3, -0.25) is 4.79 Å². The van der Waals surface area contributed by atoms with E-state index < -0.39 is 0 Å². The number of esters is 1. The zero-order valence-electron chi connectivity index (χ0n) is 12.3. The van der Waals surface area contributed by atoms with Crippen molar-refractivity contribution in [3.05, 3.63) is 66.2 Å². The van der Waals surface area contributed by atoms with E-state index in [2.05, 4.69) is 5.32 Å². The second-order valence-corrected chi connectivity index (χ2v) is 4.94. The summed E-state index contributed by atoms with van der Waals surface area (Å²) in [5.74, 6) is -0.152. The zero-order valence-corrected chi connectivity index (χ0v) is 12.3. The molecule has 0 heterocycles. The SMILES string of the molecule is CC(OC(=O)CCCNc1ccccc1)c1ccccc1. The minimum absolute atomic E-state index is 0.152. The van der Waals surface area contributed by atoms with Gasteiger partial charge in [0.2, 0.25) is 0 Å². The van der Waals surface area contributed by atoms with Crippen LogP contribution >= 0.6 is 0 Å². The van der Waals surface area contributed by atoms with Gasteiger partial charge < -0.3 is 10.1 Å². The van der Waals surface area contributed by atoms with Crippen LogP contribution in [0.3, 0.4) is 0 Å². The van der Waals surface area contributed by atoms with Crippen molar-refractivity contribution in [3.8, 4) is 0 Å². The minimum atomic E-state index is -0.194. The third-order valence-electron chi connectivity index (χ3n) is 3.24. The lowest BCUT2D eigenvalue weighted by atomic mass is 10.1. The predicted octanol–water partition coefficient (Wildman–Crippen LogP) is 4.18. The van der Waals surface area contributed by atoms with Crippen molar-refractivity contribution in [2.24, 2.45) is 0 Å². The summed E-state index contributed by atoms with van der Waals surface area (Å²) in [6.07, 6.45) is 0.993. The number of nitrogens with one attached hydrogen (secondary N) is 1. The number of ether oxygens (including phenoxy) is 1. The van der Waals surface area contributed by atoms with Crippen molar-refractivity contribution >= 4 is 11.7 Å². The lowest BCUT2D eigenvalue weighted by Gasteiger charge is -2.13. The third kappa shape index (κ3) is 5.30. The summed E-state index contributed by atoms with van der Waals surface area (Å²) in [5, 5.41) is 3.28. The highest BCUT2D eigenvalue weighted by Gasteiger charge is 2.10. The van der Waals surface area contributed by atoms with Gasteiger partial charge in [-0.2, -0.15) is 0 Å². The van der Waals surface area contributed by atoms with Crippen LogP contribution in [0, 0.1) is 0 Å². The summed E-state index contributed by atoms with van der Waals surface area (Å²) < 4.78 is 5.42. The van der Waals surface area contributed by atoms with E-state index in [-0.39, 0.29) is 12.1 Å². The van der Waals surface area contributed by atoms with Crippen molar-refractivity contribution < 1.29 is 9.53 Å². The van der Waals surface area contributed by atoms with Gasteiger partial charge in [0.15, 0.2) is 0 Å². The molecule has 0 aliphatic heterocycles. The molecule has 0 saturated carbocycles. The maximum atomic E-state index is 11.8. The van der Waals surface area contributed by atoms with E-state index >= 15 is 0 Å². The van der Waals surface area contributed by atoms with Gasteiger partial charge >= 0.3 is 5.97 Å². The van der Waals surface area contributed by atoms with Crippen molar-refractivity contribution in [2.45, 2.75) is 25.9 Å². The number of carbonyl (C=O) groups excluding carboxylic acids is 1. The topological polar surface area (TPSA) is 38.3 Å². The number of benzene rings is 2. The first-order valence-corrected chi connectivity index (χ1v) is 7.29. The van der Waals surface area contributed by atoms with Gasteiger partial charge in [-0.15, -0.1) is 0 Å². The summed E-state index contributed by atoms with van der Waals surface area (Å²) in [6.45, 7) is 2.66. The molecule has 3 nitrogen and oxygen atoms in total. The number of hydrogen-bond acceptors (Lipinski definition) is 3. The van der Waals surface area contributed by atoms with Gasteiger partial charge in [0.25, 0.3) is 0 Å². The van der Waals surface area contributed by atoms with Gasteiger partial charge in [0, 0.05) is 18.7 Å². The first-order chi connectivity index (χ1) is 10.3. The third-order valence-corrected chi connectivity index (χ3v) is 3.24. The average Bonchev–Trinajstić information content (AvgIpc) is 2.53. The Balaban J connectivity index is 1.66. The van der Waals surface area contributed by atoms with E-state index in [0.717, 1.165) is 24.2 Å².